The lowest BCUT2D eigenvalue weighted by molar-refractivity contribution is 0.306. The molecule has 4 heterocycles. The van der Waals surface area contributed by atoms with Crippen LogP contribution in [0.15, 0.2) is 6.20 Å². The Morgan fingerprint density at radius 2 is 1.90 bits per heavy atom. The van der Waals surface area contributed by atoms with Crippen molar-refractivity contribution in [3.05, 3.63) is 17.5 Å². The van der Waals surface area contributed by atoms with Crippen LogP contribution >= 0.6 is 0 Å². The zero-order valence-electron chi connectivity index (χ0n) is 13.2. The monoisotopic (exact) mass is 287 g/mol. The molecule has 2 saturated heterocycles. The van der Waals surface area contributed by atoms with E-state index in [9.17, 15) is 0 Å². The van der Waals surface area contributed by atoms with Crippen LogP contribution in [0.2, 0.25) is 0 Å². The summed E-state index contributed by atoms with van der Waals surface area (Å²) in [6.07, 6.45) is 5.77. The summed E-state index contributed by atoms with van der Waals surface area (Å²) in [7, 11) is 4.41. The van der Waals surface area contributed by atoms with Crippen LogP contribution in [0.4, 0.5) is 5.95 Å². The van der Waals surface area contributed by atoms with Gasteiger partial charge in [0.1, 0.15) is 0 Å². The van der Waals surface area contributed by atoms with Crippen molar-refractivity contribution in [3.63, 3.8) is 0 Å². The lowest BCUT2D eigenvalue weighted by Crippen LogP contribution is -2.32. The minimum atomic E-state index is 0.491. The Hall–Kier alpha value is -1.20. The third kappa shape index (κ3) is 2.42. The first-order valence-electron chi connectivity index (χ1n) is 8.10. The fourth-order valence-electron chi connectivity index (χ4n) is 4.17. The van der Waals surface area contributed by atoms with Gasteiger partial charge in [0.15, 0.2) is 0 Å². The molecule has 0 bridgehead atoms. The van der Waals surface area contributed by atoms with Gasteiger partial charge in [-0.2, -0.15) is 0 Å². The molecule has 0 aliphatic carbocycles. The Morgan fingerprint density at radius 1 is 1.05 bits per heavy atom. The van der Waals surface area contributed by atoms with Crippen LogP contribution in [0.25, 0.3) is 0 Å². The molecule has 21 heavy (non-hydrogen) atoms. The maximum Gasteiger partial charge on any atom is 0.225 e. The summed E-state index contributed by atoms with van der Waals surface area (Å²) < 4.78 is 0. The standard InChI is InChI=1S/C16H25N5/c1-19-6-3-13-9-17-15(18-14(13)10-19)21-8-5-16(12-21)4-7-20(2)11-16/h9H,3-8,10-12H2,1-2H3. The van der Waals surface area contributed by atoms with Gasteiger partial charge in [-0.15, -0.1) is 0 Å². The van der Waals surface area contributed by atoms with Crippen molar-refractivity contribution in [1.29, 1.82) is 0 Å². The second-order valence-corrected chi connectivity index (χ2v) is 7.29. The maximum absolute atomic E-state index is 4.88. The Balaban J connectivity index is 1.54. The number of likely N-dealkylation sites (N-methyl/N-ethyl adjacent to an activating group) is 1. The van der Waals surface area contributed by atoms with Gasteiger partial charge in [-0.1, -0.05) is 0 Å². The number of hydrogen-bond donors (Lipinski definition) is 0. The molecule has 1 atom stereocenters. The Kier molecular flexibility index (Phi) is 3.15. The molecule has 114 valence electrons. The minimum Gasteiger partial charge on any atom is -0.340 e. The highest BCUT2D eigenvalue weighted by molar-refractivity contribution is 5.36. The Morgan fingerprint density at radius 3 is 2.71 bits per heavy atom. The molecule has 3 aliphatic heterocycles. The lowest BCUT2D eigenvalue weighted by atomic mass is 9.86. The molecule has 1 unspecified atom stereocenters. The van der Waals surface area contributed by atoms with Crippen molar-refractivity contribution in [3.8, 4) is 0 Å². The van der Waals surface area contributed by atoms with E-state index in [0.717, 1.165) is 38.5 Å². The second kappa shape index (κ2) is 4.92. The van der Waals surface area contributed by atoms with Gasteiger partial charge >= 0.3 is 0 Å². The Labute approximate surface area is 127 Å². The van der Waals surface area contributed by atoms with Crippen molar-refractivity contribution in [2.75, 3.05) is 51.7 Å². The molecule has 5 heteroatoms. The molecule has 0 saturated carbocycles. The van der Waals surface area contributed by atoms with Crippen molar-refractivity contribution in [2.24, 2.45) is 5.41 Å². The summed E-state index contributed by atoms with van der Waals surface area (Å²) in [5, 5.41) is 0. The first-order valence-corrected chi connectivity index (χ1v) is 8.10. The van der Waals surface area contributed by atoms with E-state index in [1.165, 1.54) is 37.2 Å². The zero-order valence-corrected chi connectivity index (χ0v) is 13.2. The van der Waals surface area contributed by atoms with Gasteiger partial charge in [0.25, 0.3) is 0 Å². The molecule has 4 rings (SSSR count). The number of likely N-dealkylation sites (tertiary alicyclic amines) is 1. The average Bonchev–Trinajstić information content (AvgIpc) is 3.05. The summed E-state index contributed by atoms with van der Waals surface area (Å²) in [6.45, 7) is 6.80. The zero-order chi connectivity index (χ0) is 14.4. The van der Waals surface area contributed by atoms with E-state index < -0.39 is 0 Å². The van der Waals surface area contributed by atoms with E-state index in [0.29, 0.717) is 5.41 Å². The fraction of sp³-hybridized carbons (Fsp3) is 0.750. The summed E-state index contributed by atoms with van der Waals surface area (Å²) in [4.78, 5) is 16.8. The molecule has 0 radical (unpaired) electrons. The maximum atomic E-state index is 4.88. The summed E-state index contributed by atoms with van der Waals surface area (Å²) >= 11 is 0. The molecule has 1 aromatic heterocycles. The highest BCUT2D eigenvalue weighted by atomic mass is 15.3. The van der Waals surface area contributed by atoms with Crippen molar-refractivity contribution < 1.29 is 0 Å². The number of fused-ring (bicyclic) bond motifs is 1. The van der Waals surface area contributed by atoms with Crippen LogP contribution in [-0.4, -0.2) is 66.6 Å². The largest absolute Gasteiger partial charge is 0.340 e. The third-order valence-corrected chi connectivity index (χ3v) is 5.47. The predicted molar refractivity (Wildman–Crippen MR) is 83.4 cm³/mol. The van der Waals surface area contributed by atoms with Crippen LogP contribution in [0.5, 0.6) is 0 Å². The normalized spacial score (nSPS) is 30.3. The number of hydrogen-bond acceptors (Lipinski definition) is 5. The second-order valence-electron chi connectivity index (χ2n) is 7.29. The van der Waals surface area contributed by atoms with E-state index in [-0.39, 0.29) is 0 Å². The van der Waals surface area contributed by atoms with Crippen LogP contribution in [-0.2, 0) is 13.0 Å². The van der Waals surface area contributed by atoms with E-state index >= 15 is 0 Å². The topological polar surface area (TPSA) is 35.5 Å². The first kappa shape index (κ1) is 13.5. The van der Waals surface area contributed by atoms with Crippen molar-refractivity contribution >= 4 is 5.95 Å². The van der Waals surface area contributed by atoms with E-state index in [4.69, 9.17) is 4.98 Å². The van der Waals surface area contributed by atoms with Crippen molar-refractivity contribution in [2.45, 2.75) is 25.8 Å². The highest BCUT2D eigenvalue weighted by Gasteiger charge is 2.43. The molecular formula is C16H25N5. The Bertz CT molecular complexity index is 545. The molecule has 5 nitrogen and oxygen atoms in total. The number of aromatic nitrogens is 2. The third-order valence-electron chi connectivity index (χ3n) is 5.47. The number of anilines is 1. The van der Waals surface area contributed by atoms with Gasteiger partial charge in [0.05, 0.1) is 5.69 Å². The molecule has 0 N–H and O–H groups in total. The molecule has 1 spiro atoms. The van der Waals surface area contributed by atoms with E-state index in [1.807, 2.05) is 0 Å². The smallest absolute Gasteiger partial charge is 0.225 e. The predicted octanol–water partition coefficient (Wildman–Crippen LogP) is 0.996. The SMILES string of the molecule is CN1CCc2cnc(N3CCC4(CCN(C)C4)C3)nc2C1. The van der Waals surface area contributed by atoms with Gasteiger partial charge < -0.3 is 14.7 Å². The van der Waals surface area contributed by atoms with Gasteiger partial charge in [0, 0.05) is 44.3 Å². The first-order chi connectivity index (χ1) is 10.1. The minimum absolute atomic E-state index is 0.491. The molecule has 2 fully saturated rings. The quantitative estimate of drug-likeness (QED) is 0.770. The lowest BCUT2D eigenvalue weighted by Gasteiger charge is -2.26. The van der Waals surface area contributed by atoms with Gasteiger partial charge in [-0.3, -0.25) is 0 Å². The average molecular weight is 287 g/mol. The molecule has 1 aromatic rings. The van der Waals surface area contributed by atoms with Crippen LogP contribution < -0.4 is 4.90 Å². The fourth-order valence-corrected chi connectivity index (χ4v) is 4.17. The highest BCUT2D eigenvalue weighted by Crippen LogP contribution is 2.39. The van der Waals surface area contributed by atoms with Crippen LogP contribution in [0, 0.1) is 5.41 Å². The van der Waals surface area contributed by atoms with Crippen molar-refractivity contribution in [1.82, 2.24) is 19.8 Å². The number of rotatable bonds is 1. The summed E-state index contributed by atoms with van der Waals surface area (Å²) in [5.74, 6) is 0.954. The molecule has 3 aliphatic rings. The van der Waals surface area contributed by atoms with E-state index in [2.05, 4.69) is 40.0 Å². The molecule has 0 aromatic carbocycles. The van der Waals surface area contributed by atoms with Crippen LogP contribution in [0.1, 0.15) is 24.1 Å². The van der Waals surface area contributed by atoms with E-state index in [1.54, 1.807) is 0 Å². The molecular weight excluding hydrogens is 262 g/mol. The van der Waals surface area contributed by atoms with Crippen LogP contribution in [0.3, 0.4) is 0 Å². The summed E-state index contributed by atoms with van der Waals surface area (Å²) in [5.41, 5.74) is 3.06. The summed E-state index contributed by atoms with van der Waals surface area (Å²) in [6, 6.07) is 0. The van der Waals surface area contributed by atoms with Gasteiger partial charge in [-0.05, 0) is 45.5 Å². The van der Waals surface area contributed by atoms with Gasteiger partial charge in [-0.25, -0.2) is 9.97 Å². The number of nitrogens with zero attached hydrogens (tertiary/aromatic N) is 5. The molecule has 0 amide bonds. The van der Waals surface area contributed by atoms with Gasteiger partial charge in [0.2, 0.25) is 5.95 Å².